The molecule has 92 valence electrons. The second kappa shape index (κ2) is 4.30. The molecule has 2 unspecified atom stereocenters. The van der Waals surface area contributed by atoms with Crippen LogP contribution in [0.5, 0.6) is 0 Å². The van der Waals surface area contributed by atoms with E-state index < -0.39 is 0 Å². The number of nitrogens with zero attached hydrogens (tertiary/aromatic N) is 1. The number of benzene rings is 1. The van der Waals surface area contributed by atoms with Gasteiger partial charge in [-0.3, -0.25) is 0 Å². The van der Waals surface area contributed by atoms with E-state index in [1.807, 2.05) is 6.07 Å². The molecule has 1 aromatic carbocycles. The standard InChI is InChI=1S/C14H19FN2/c1-10-8-16-14(11-5-6-11)9-17(10)13-4-2-3-12(15)7-13/h2-4,7,10-11,14,16H,5-6,8-9H2,1H3. The van der Waals surface area contributed by atoms with Crippen molar-refractivity contribution in [2.45, 2.75) is 31.8 Å². The lowest BCUT2D eigenvalue weighted by atomic mass is 10.1. The van der Waals surface area contributed by atoms with Crippen LogP contribution in [0.25, 0.3) is 0 Å². The number of hydrogen-bond donors (Lipinski definition) is 1. The van der Waals surface area contributed by atoms with Crippen molar-refractivity contribution in [3.63, 3.8) is 0 Å². The smallest absolute Gasteiger partial charge is 0.125 e. The van der Waals surface area contributed by atoms with Gasteiger partial charge >= 0.3 is 0 Å². The molecule has 2 atom stereocenters. The van der Waals surface area contributed by atoms with Gasteiger partial charge in [-0.1, -0.05) is 6.07 Å². The third kappa shape index (κ3) is 2.29. The van der Waals surface area contributed by atoms with E-state index in [4.69, 9.17) is 0 Å². The first kappa shape index (κ1) is 11.0. The molecule has 1 aliphatic carbocycles. The maximum atomic E-state index is 13.3. The molecular weight excluding hydrogens is 215 g/mol. The average molecular weight is 234 g/mol. The summed E-state index contributed by atoms with van der Waals surface area (Å²) in [4.78, 5) is 2.34. The minimum atomic E-state index is -0.142. The molecule has 2 nitrogen and oxygen atoms in total. The highest BCUT2D eigenvalue weighted by atomic mass is 19.1. The van der Waals surface area contributed by atoms with E-state index in [0.717, 1.165) is 24.7 Å². The Labute approximate surface area is 102 Å². The van der Waals surface area contributed by atoms with E-state index in [1.54, 1.807) is 12.1 Å². The van der Waals surface area contributed by atoms with Gasteiger partial charge in [-0.2, -0.15) is 0 Å². The Kier molecular flexibility index (Phi) is 2.79. The first-order valence-electron chi connectivity index (χ1n) is 6.49. The summed E-state index contributed by atoms with van der Waals surface area (Å²) in [5, 5.41) is 3.61. The van der Waals surface area contributed by atoms with Gasteiger partial charge in [-0.25, -0.2) is 4.39 Å². The number of nitrogens with one attached hydrogen (secondary N) is 1. The highest BCUT2D eigenvalue weighted by molar-refractivity contribution is 5.48. The van der Waals surface area contributed by atoms with Crippen molar-refractivity contribution in [2.24, 2.45) is 5.92 Å². The van der Waals surface area contributed by atoms with Crippen LogP contribution in [0.15, 0.2) is 24.3 Å². The molecule has 17 heavy (non-hydrogen) atoms. The van der Waals surface area contributed by atoms with Crippen molar-refractivity contribution in [3.05, 3.63) is 30.1 Å². The van der Waals surface area contributed by atoms with E-state index in [0.29, 0.717) is 12.1 Å². The first-order valence-corrected chi connectivity index (χ1v) is 6.49. The third-order valence-electron chi connectivity index (χ3n) is 3.93. The zero-order chi connectivity index (χ0) is 11.8. The van der Waals surface area contributed by atoms with Crippen molar-refractivity contribution < 1.29 is 4.39 Å². The molecule has 1 saturated heterocycles. The summed E-state index contributed by atoms with van der Waals surface area (Å²) in [7, 11) is 0. The molecule has 2 fully saturated rings. The van der Waals surface area contributed by atoms with Crippen LogP contribution in [-0.4, -0.2) is 25.2 Å². The Morgan fingerprint density at radius 2 is 2.18 bits per heavy atom. The fraction of sp³-hybridized carbons (Fsp3) is 0.571. The van der Waals surface area contributed by atoms with E-state index in [2.05, 4.69) is 17.1 Å². The van der Waals surface area contributed by atoms with Gasteiger partial charge in [0.05, 0.1) is 0 Å². The van der Waals surface area contributed by atoms with Crippen molar-refractivity contribution in [2.75, 3.05) is 18.0 Å². The topological polar surface area (TPSA) is 15.3 Å². The molecule has 1 N–H and O–H groups in total. The lowest BCUT2D eigenvalue weighted by Crippen LogP contribution is -2.56. The monoisotopic (exact) mass is 234 g/mol. The summed E-state index contributed by atoms with van der Waals surface area (Å²) in [5.41, 5.74) is 1.02. The number of rotatable bonds is 2. The van der Waals surface area contributed by atoms with Crippen LogP contribution < -0.4 is 10.2 Å². The van der Waals surface area contributed by atoms with Gasteiger partial charge in [-0.15, -0.1) is 0 Å². The minimum Gasteiger partial charge on any atom is -0.366 e. The predicted molar refractivity (Wildman–Crippen MR) is 67.7 cm³/mol. The molecule has 1 aromatic rings. The van der Waals surface area contributed by atoms with Gasteiger partial charge in [0, 0.05) is 30.9 Å². The Bertz CT molecular complexity index is 403. The average Bonchev–Trinajstić information content (AvgIpc) is 3.14. The second-order valence-corrected chi connectivity index (χ2v) is 5.33. The summed E-state index contributed by atoms with van der Waals surface area (Å²) < 4.78 is 13.3. The van der Waals surface area contributed by atoms with Crippen LogP contribution in [0.1, 0.15) is 19.8 Å². The summed E-state index contributed by atoms with van der Waals surface area (Å²) in [5.74, 6) is 0.703. The molecule has 0 amide bonds. The van der Waals surface area contributed by atoms with Gasteiger partial charge in [0.2, 0.25) is 0 Å². The Morgan fingerprint density at radius 3 is 2.88 bits per heavy atom. The molecule has 0 bridgehead atoms. The van der Waals surface area contributed by atoms with Gasteiger partial charge in [0.1, 0.15) is 5.82 Å². The van der Waals surface area contributed by atoms with Crippen molar-refractivity contribution in [1.82, 2.24) is 5.32 Å². The molecule has 0 spiro atoms. The van der Waals surface area contributed by atoms with Crippen molar-refractivity contribution in [1.29, 1.82) is 0 Å². The number of halogens is 1. The molecular formula is C14H19FN2. The zero-order valence-electron chi connectivity index (χ0n) is 10.2. The van der Waals surface area contributed by atoms with Gasteiger partial charge in [0.25, 0.3) is 0 Å². The van der Waals surface area contributed by atoms with E-state index in [9.17, 15) is 4.39 Å². The molecule has 1 saturated carbocycles. The van der Waals surface area contributed by atoms with E-state index in [-0.39, 0.29) is 5.82 Å². The molecule has 1 heterocycles. The van der Waals surface area contributed by atoms with Crippen molar-refractivity contribution in [3.8, 4) is 0 Å². The zero-order valence-corrected chi connectivity index (χ0v) is 10.2. The largest absolute Gasteiger partial charge is 0.366 e. The SMILES string of the molecule is CC1CNC(C2CC2)CN1c1cccc(F)c1. The molecule has 0 radical (unpaired) electrons. The predicted octanol–water partition coefficient (Wildman–Crippen LogP) is 2.40. The van der Waals surface area contributed by atoms with Crippen LogP contribution in [-0.2, 0) is 0 Å². The summed E-state index contributed by atoms with van der Waals surface area (Å²) in [6, 6.07) is 7.99. The Balaban J connectivity index is 1.79. The van der Waals surface area contributed by atoms with E-state index in [1.165, 1.54) is 18.9 Å². The number of anilines is 1. The molecule has 3 rings (SSSR count). The van der Waals surface area contributed by atoms with E-state index >= 15 is 0 Å². The fourth-order valence-corrected chi connectivity index (χ4v) is 2.72. The molecule has 1 aliphatic heterocycles. The highest BCUT2D eigenvalue weighted by Crippen LogP contribution is 2.35. The number of hydrogen-bond acceptors (Lipinski definition) is 2. The minimum absolute atomic E-state index is 0.142. The summed E-state index contributed by atoms with van der Waals surface area (Å²) >= 11 is 0. The normalized spacial score (nSPS) is 29.4. The Morgan fingerprint density at radius 1 is 1.35 bits per heavy atom. The Hall–Kier alpha value is -1.09. The lowest BCUT2D eigenvalue weighted by Gasteiger charge is -2.40. The van der Waals surface area contributed by atoms with Crippen LogP contribution in [0.3, 0.4) is 0 Å². The summed E-state index contributed by atoms with van der Waals surface area (Å²) in [6.45, 7) is 4.20. The fourth-order valence-electron chi connectivity index (χ4n) is 2.72. The maximum Gasteiger partial charge on any atom is 0.125 e. The van der Waals surface area contributed by atoms with Crippen LogP contribution in [0.2, 0.25) is 0 Å². The molecule has 0 aromatic heterocycles. The highest BCUT2D eigenvalue weighted by Gasteiger charge is 2.36. The summed E-state index contributed by atoms with van der Waals surface area (Å²) in [6.07, 6.45) is 2.70. The van der Waals surface area contributed by atoms with Gasteiger partial charge < -0.3 is 10.2 Å². The third-order valence-corrected chi connectivity index (χ3v) is 3.93. The maximum absolute atomic E-state index is 13.3. The van der Waals surface area contributed by atoms with Crippen LogP contribution in [0.4, 0.5) is 10.1 Å². The van der Waals surface area contributed by atoms with Crippen molar-refractivity contribution >= 4 is 5.69 Å². The van der Waals surface area contributed by atoms with Gasteiger partial charge in [-0.05, 0) is 43.9 Å². The lowest BCUT2D eigenvalue weighted by molar-refractivity contribution is 0.375. The van der Waals surface area contributed by atoms with Crippen LogP contribution in [0, 0.1) is 11.7 Å². The van der Waals surface area contributed by atoms with Gasteiger partial charge in [0.15, 0.2) is 0 Å². The van der Waals surface area contributed by atoms with Crippen LogP contribution >= 0.6 is 0 Å². The first-order chi connectivity index (χ1) is 8.24. The number of piperazine rings is 1. The quantitative estimate of drug-likeness (QED) is 0.845. The molecule has 3 heteroatoms. The second-order valence-electron chi connectivity index (χ2n) is 5.33. The molecule has 2 aliphatic rings.